The standard InChI is InChI=1S/C11H14BrNO2S/c1-13-6-8-3-4-10(9(12)5-8)16-7-11(14)15-2/h3-5,13H,6-7H2,1-2H3. The number of thioether (sulfide) groups is 1. The van der Waals surface area contributed by atoms with Gasteiger partial charge in [-0.3, -0.25) is 4.79 Å². The second-order valence-corrected chi connectivity index (χ2v) is 5.03. The van der Waals surface area contributed by atoms with Crippen molar-refractivity contribution in [2.75, 3.05) is 19.9 Å². The minimum Gasteiger partial charge on any atom is -0.468 e. The second kappa shape index (κ2) is 6.93. The van der Waals surface area contributed by atoms with E-state index in [1.807, 2.05) is 19.2 Å². The summed E-state index contributed by atoms with van der Waals surface area (Å²) in [4.78, 5) is 12.0. The van der Waals surface area contributed by atoms with Gasteiger partial charge >= 0.3 is 5.97 Å². The van der Waals surface area contributed by atoms with Gasteiger partial charge in [0.05, 0.1) is 12.9 Å². The van der Waals surface area contributed by atoms with Crippen LogP contribution in [-0.4, -0.2) is 25.9 Å². The molecule has 0 aliphatic heterocycles. The van der Waals surface area contributed by atoms with Gasteiger partial charge in [-0.15, -0.1) is 11.8 Å². The maximum atomic E-state index is 11.0. The lowest BCUT2D eigenvalue weighted by atomic mass is 10.2. The Labute approximate surface area is 108 Å². The molecule has 1 N–H and O–H groups in total. The molecule has 0 saturated carbocycles. The monoisotopic (exact) mass is 303 g/mol. The molecule has 0 aliphatic carbocycles. The van der Waals surface area contributed by atoms with Gasteiger partial charge in [-0.2, -0.15) is 0 Å². The van der Waals surface area contributed by atoms with Gasteiger partial charge in [0.2, 0.25) is 0 Å². The van der Waals surface area contributed by atoms with Crippen molar-refractivity contribution in [2.45, 2.75) is 11.4 Å². The molecule has 0 fully saturated rings. The Hall–Kier alpha value is -0.520. The zero-order valence-electron chi connectivity index (χ0n) is 9.25. The molecule has 16 heavy (non-hydrogen) atoms. The van der Waals surface area contributed by atoms with Crippen LogP contribution in [0.4, 0.5) is 0 Å². The summed E-state index contributed by atoms with van der Waals surface area (Å²) in [6, 6.07) is 6.10. The number of ether oxygens (including phenoxy) is 1. The van der Waals surface area contributed by atoms with Crippen LogP contribution in [0.2, 0.25) is 0 Å². The van der Waals surface area contributed by atoms with E-state index < -0.39 is 0 Å². The zero-order chi connectivity index (χ0) is 12.0. The fourth-order valence-corrected chi connectivity index (χ4v) is 2.69. The first-order valence-electron chi connectivity index (χ1n) is 4.80. The summed E-state index contributed by atoms with van der Waals surface area (Å²) in [5.74, 6) is 0.122. The molecule has 88 valence electrons. The van der Waals surface area contributed by atoms with E-state index >= 15 is 0 Å². The number of benzene rings is 1. The van der Waals surface area contributed by atoms with Crippen molar-refractivity contribution < 1.29 is 9.53 Å². The molecule has 0 spiro atoms. The highest BCUT2D eigenvalue weighted by Crippen LogP contribution is 2.28. The molecule has 3 nitrogen and oxygen atoms in total. The fourth-order valence-electron chi connectivity index (χ4n) is 1.17. The summed E-state index contributed by atoms with van der Waals surface area (Å²) < 4.78 is 5.60. The van der Waals surface area contributed by atoms with Gasteiger partial charge in [-0.1, -0.05) is 6.07 Å². The summed E-state index contributed by atoms with van der Waals surface area (Å²) in [5, 5.41) is 3.09. The van der Waals surface area contributed by atoms with E-state index in [1.165, 1.54) is 24.4 Å². The third kappa shape index (κ3) is 4.15. The lowest BCUT2D eigenvalue weighted by Gasteiger charge is -2.06. The third-order valence-electron chi connectivity index (χ3n) is 1.95. The smallest absolute Gasteiger partial charge is 0.315 e. The second-order valence-electron chi connectivity index (χ2n) is 3.16. The lowest BCUT2D eigenvalue weighted by molar-refractivity contribution is -0.137. The van der Waals surface area contributed by atoms with E-state index in [9.17, 15) is 4.79 Å². The SMILES string of the molecule is CNCc1ccc(SCC(=O)OC)c(Br)c1. The number of carbonyl (C=O) groups excluding carboxylic acids is 1. The molecule has 0 bridgehead atoms. The van der Waals surface area contributed by atoms with E-state index in [2.05, 4.69) is 32.0 Å². The molecule has 1 aromatic rings. The molecule has 1 rings (SSSR count). The molecule has 0 heterocycles. The van der Waals surface area contributed by atoms with E-state index in [0.29, 0.717) is 5.75 Å². The molecule has 5 heteroatoms. The molecular weight excluding hydrogens is 290 g/mol. The summed E-state index contributed by atoms with van der Waals surface area (Å²) in [6.45, 7) is 0.834. The first kappa shape index (κ1) is 13.5. The summed E-state index contributed by atoms with van der Waals surface area (Å²) in [6.07, 6.45) is 0. The number of rotatable bonds is 5. The van der Waals surface area contributed by atoms with Crippen molar-refractivity contribution in [3.05, 3.63) is 28.2 Å². The van der Waals surface area contributed by atoms with Crippen LogP contribution in [0, 0.1) is 0 Å². The van der Waals surface area contributed by atoms with Crippen LogP contribution >= 0.6 is 27.7 Å². The van der Waals surface area contributed by atoms with Crippen LogP contribution in [0.15, 0.2) is 27.6 Å². The highest BCUT2D eigenvalue weighted by Gasteiger charge is 2.05. The summed E-state index contributed by atoms with van der Waals surface area (Å²) >= 11 is 4.95. The third-order valence-corrected chi connectivity index (χ3v) is 3.92. The first-order chi connectivity index (χ1) is 7.67. The van der Waals surface area contributed by atoms with Gasteiger partial charge in [0.25, 0.3) is 0 Å². The van der Waals surface area contributed by atoms with E-state index in [0.717, 1.165) is 15.9 Å². The number of hydrogen-bond donors (Lipinski definition) is 1. The van der Waals surface area contributed by atoms with Gasteiger partial charge in [0.1, 0.15) is 0 Å². The molecule has 0 unspecified atom stereocenters. The quantitative estimate of drug-likeness (QED) is 0.670. The maximum absolute atomic E-state index is 11.0. The lowest BCUT2D eigenvalue weighted by Crippen LogP contribution is -2.05. The van der Waals surface area contributed by atoms with Crippen molar-refractivity contribution in [3.63, 3.8) is 0 Å². The number of esters is 1. The molecule has 1 aromatic carbocycles. The molecule has 0 saturated heterocycles. The van der Waals surface area contributed by atoms with Crippen molar-refractivity contribution in [2.24, 2.45) is 0 Å². The number of methoxy groups -OCH3 is 1. The molecule has 0 aromatic heterocycles. The van der Waals surface area contributed by atoms with Crippen molar-refractivity contribution in [1.82, 2.24) is 5.32 Å². The van der Waals surface area contributed by atoms with E-state index in [1.54, 1.807) is 0 Å². The Morgan fingerprint density at radius 2 is 2.31 bits per heavy atom. The Morgan fingerprint density at radius 3 is 2.88 bits per heavy atom. The molecular formula is C11H14BrNO2S. The van der Waals surface area contributed by atoms with Crippen LogP contribution in [0.25, 0.3) is 0 Å². The van der Waals surface area contributed by atoms with Gasteiger partial charge in [-0.25, -0.2) is 0 Å². The van der Waals surface area contributed by atoms with Crippen LogP contribution in [0.1, 0.15) is 5.56 Å². The van der Waals surface area contributed by atoms with Crippen LogP contribution in [0.5, 0.6) is 0 Å². The van der Waals surface area contributed by atoms with Gasteiger partial charge in [0, 0.05) is 15.9 Å². The van der Waals surface area contributed by atoms with Crippen molar-refractivity contribution in [3.8, 4) is 0 Å². The largest absolute Gasteiger partial charge is 0.468 e. The average Bonchev–Trinajstić information content (AvgIpc) is 2.28. The van der Waals surface area contributed by atoms with Crippen LogP contribution in [-0.2, 0) is 16.1 Å². The maximum Gasteiger partial charge on any atom is 0.315 e. The topological polar surface area (TPSA) is 38.3 Å². The Kier molecular flexibility index (Phi) is 5.87. The zero-order valence-corrected chi connectivity index (χ0v) is 11.7. The van der Waals surface area contributed by atoms with Crippen LogP contribution in [0.3, 0.4) is 0 Å². The van der Waals surface area contributed by atoms with Gasteiger partial charge in [-0.05, 0) is 40.7 Å². The van der Waals surface area contributed by atoms with Gasteiger partial charge in [0.15, 0.2) is 0 Å². The average molecular weight is 304 g/mol. The minimum atomic E-state index is -0.212. The highest BCUT2D eigenvalue weighted by molar-refractivity contribution is 9.10. The molecule has 0 amide bonds. The Bertz CT molecular complexity index is 371. The highest BCUT2D eigenvalue weighted by atomic mass is 79.9. The first-order valence-corrected chi connectivity index (χ1v) is 6.58. The number of hydrogen-bond acceptors (Lipinski definition) is 4. The number of nitrogens with one attached hydrogen (secondary N) is 1. The van der Waals surface area contributed by atoms with Crippen molar-refractivity contribution in [1.29, 1.82) is 0 Å². The van der Waals surface area contributed by atoms with Gasteiger partial charge < -0.3 is 10.1 Å². The van der Waals surface area contributed by atoms with Crippen LogP contribution < -0.4 is 5.32 Å². The Morgan fingerprint density at radius 1 is 1.56 bits per heavy atom. The Balaban J connectivity index is 2.64. The van der Waals surface area contributed by atoms with E-state index in [-0.39, 0.29) is 5.97 Å². The normalized spacial score (nSPS) is 10.2. The minimum absolute atomic E-state index is 0.212. The predicted molar refractivity (Wildman–Crippen MR) is 69.6 cm³/mol. The number of carbonyl (C=O) groups is 1. The molecule has 0 radical (unpaired) electrons. The predicted octanol–water partition coefficient (Wildman–Crippen LogP) is 2.43. The fraction of sp³-hybridized carbons (Fsp3) is 0.364. The molecule has 0 aliphatic rings. The van der Waals surface area contributed by atoms with E-state index in [4.69, 9.17) is 0 Å². The summed E-state index contributed by atoms with van der Waals surface area (Å²) in [5.41, 5.74) is 1.21. The molecule has 0 atom stereocenters. The summed E-state index contributed by atoms with van der Waals surface area (Å²) in [7, 11) is 3.31. The number of halogens is 1. The van der Waals surface area contributed by atoms with Crippen molar-refractivity contribution >= 4 is 33.7 Å².